The molecule has 13 heteroatoms. The summed E-state index contributed by atoms with van der Waals surface area (Å²) < 4.78 is 16.3. The number of carbonyl (C=O) groups is 5. The topological polar surface area (TPSA) is 165 Å². The van der Waals surface area contributed by atoms with E-state index in [0.717, 1.165) is 10.5 Å². The molecule has 0 aliphatic carbocycles. The zero-order valence-corrected chi connectivity index (χ0v) is 30.3. The van der Waals surface area contributed by atoms with E-state index in [1.165, 1.54) is 18.0 Å². The van der Waals surface area contributed by atoms with Crippen LogP contribution in [-0.4, -0.2) is 62.8 Å². The Kier molecular flexibility index (Phi) is 12.2. The van der Waals surface area contributed by atoms with E-state index in [1.54, 1.807) is 90.1 Å². The van der Waals surface area contributed by atoms with Crippen molar-refractivity contribution < 1.29 is 43.3 Å². The fourth-order valence-corrected chi connectivity index (χ4v) is 5.00. The molecule has 0 radical (unpaired) electrons. The number of amides is 3. The number of pyridine rings is 1. The standard InChI is InChI=1S/C39H44N4O9/c1-25(44)42(23-32(45)50-24-27-11-9-8-10-12-27)22-26-13-15-28(16-14-26)33(35(46)47)41-30-17-18-31-29(21-30)19-20-40-34(31)43(36(48)51-38(2,3)4)37(49)52-39(5,6)7/h8-21,33,41H,22-24H2,1-7H3,(H,46,47). The lowest BCUT2D eigenvalue weighted by Gasteiger charge is -2.28. The number of carbonyl (C=O) groups excluding carboxylic acids is 4. The minimum absolute atomic E-state index is 0.0121. The van der Waals surface area contributed by atoms with E-state index >= 15 is 0 Å². The summed E-state index contributed by atoms with van der Waals surface area (Å²) in [6.45, 7) is 11.4. The van der Waals surface area contributed by atoms with Crippen molar-refractivity contribution in [3.05, 3.63) is 102 Å². The number of rotatable bonds is 11. The normalized spacial score (nSPS) is 12.0. The summed E-state index contributed by atoms with van der Waals surface area (Å²) in [5.41, 5.74) is 0.572. The number of nitrogens with one attached hydrogen (secondary N) is 1. The first kappa shape index (κ1) is 38.8. The molecule has 1 heterocycles. The average Bonchev–Trinajstić information content (AvgIpc) is 3.05. The minimum atomic E-state index is -1.16. The highest BCUT2D eigenvalue weighted by atomic mass is 16.6. The van der Waals surface area contributed by atoms with E-state index in [2.05, 4.69) is 10.3 Å². The van der Waals surface area contributed by atoms with Gasteiger partial charge in [-0.3, -0.25) is 9.59 Å². The van der Waals surface area contributed by atoms with Crippen LogP contribution in [0.4, 0.5) is 21.1 Å². The summed E-state index contributed by atoms with van der Waals surface area (Å²) in [5.74, 6) is -2.02. The molecule has 3 amide bonds. The van der Waals surface area contributed by atoms with Crippen LogP contribution in [0.3, 0.4) is 0 Å². The number of carboxylic acid groups (broad SMARTS) is 1. The van der Waals surface area contributed by atoms with Gasteiger partial charge in [-0.1, -0.05) is 54.6 Å². The van der Waals surface area contributed by atoms with Crippen LogP contribution in [0, 0.1) is 0 Å². The maximum Gasteiger partial charge on any atom is 0.425 e. The SMILES string of the molecule is CC(=O)N(CC(=O)OCc1ccccc1)Cc1ccc(C(Nc2ccc3c(N(C(=O)OC(C)(C)C)C(=O)OC(C)(C)C)nccc3c2)C(=O)O)cc1. The van der Waals surface area contributed by atoms with E-state index in [0.29, 0.717) is 27.6 Å². The molecule has 1 aromatic heterocycles. The highest BCUT2D eigenvalue weighted by molar-refractivity contribution is 6.14. The Labute approximate surface area is 302 Å². The number of carboxylic acids is 1. The van der Waals surface area contributed by atoms with Gasteiger partial charge in [-0.2, -0.15) is 4.90 Å². The number of benzene rings is 3. The Morgan fingerprint density at radius 2 is 1.42 bits per heavy atom. The lowest BCUT2D eigenvalue weighted by atomic mass is 10.0. The third kappa shape index (κ3) is 11.0. The van der Waals surface area contributed by atoms with E-state index in [4.69, 9.17) is 14.2 Å². The Morgan fingerprint density at radius 1 is 0.808 bits per heavy atom. The number of anilines is 2. The first-order chi connectivity index (χ1) is 24.4. The average molecular weight is 713 g/mol. The van der Waals surface area contributed by atoms with Gasteiger partial charge in [0.15, 0.2) is 11.9 Å². The molecule has 3 aromatic carbocycles. The van der Waals surface area contributed by atoms with Gasteiger partial charge in [0.05, 0.1) is 0 Å². The second-order valence-electron chi connectivity index (χ2n) is 14.0. The van der Waals surface area contributed by atoms with Gasteiger partial charge in [-0.15, -0.1) is 0 Å². The molecular weight excluding hydrogens is 668 g/mol. The van der Waals surface area contributed by atoms with Crippen molar-refractivity contribution in [1.82, 2.24) is 9.88 Å². The number of esters is 1. The predicted molar refractivity (Wildman–Crippen MR) is 194 cm³/mol. The van der Waals surface area contributed by atoms with Gasteiger partial charge < -0.3 is 29.5 Å². The first-order valence-electron chi connectivity index (χ1n) is 16.6. The third-order valence-corrected chi connectivity index (χ3v) is 7.36. The largest absolute Gasteiger partial charge is 0.479 e. The Hall–Kier alpha value is -5.98. The molecule has 13 nitrogen and oxygen atoms in total. The molecule has 0 bridgehead atoms. The van der Waals surface area contributed by atoms with Crippen LogP contribution in [0.15, 0.2) is 85.1 Å². The summed E-state index contributed by atoms with van der Waals surface area (Å²) in [6, 6.07) is 21.3. The molecule has 0 aliphatic rings. The maximum atomic E-state index is 13.3. The van der Waals surface area contributed by atoms with Crippen LogP contribution in [0.2, 0.25) is 0 Å². The van der Waals surface area contributed by atoms with Gasteiger partial charge in [0, 0.05) is 30.7 Å². The first-order valence-corrected chi connectivity index (χ1v) is 16.6. The van der Waals surface area contributed by atoms with E-state index in [-0.39, 0.29) is 31.4 Å². The van der Waals surface area contributed by atoms with Gasteiger partial charge in [0.25, 0.3) is 0 Å². The highest BCUT2D eigenvalue weighted by Crippen LogP contribution is 2.31. The van der Waals surface area contributed by atoms with Crippen LogP contribution in [0.5, 0.6) is 0 Å². The molecule has 0 aliphatic heterocycles. The number of fused-ring (bicyclic) bond motifs is 1. The summed E-state index contributed by atoms with van der Waals surface area (Å²) in [5, 5.41) is 14.2. The smallest absolute Gasteiger partial charge is 0.425 e. The van der Waals surface area contributed by atoms with Crippen molar-refractivity contribution in [2.75, 3.05) is 16.8 Å². The van der Waals surface area contributed by atoms with Crippen molar-refractivity contribution >= 4 is 52.3 Å². The van der Waals surface area contributed by atoms with E-state index in [9.17, 15) is 29.1 Å². The van der Waals surface area contributed by atoms with Crippen LogP contribution in [0.1, 0.15) is 71.2 Å². The lowest BCUT2D eigenvalue weighted by Crippen LogP contribution is -2.44. The van der Waals surface area contributed by atoms with Crippen molar-refractivity contribution in [2.45, 2.75) is 78.9 Å². The molecule has 2 N–H and O–H groups in total. The summed E-state index contributed by atoms with van der Waals surface area (Å²) in [7, 11) is 0. The second-order valence-corrected chi connectivity index (χ2v) is 14.0. The van der Waals surface area contributed by atoms with Crippen LogP contribution >= 0.6 is 0 Å². The summed E-state index contributed by atoms with van der Waals surface area (Å²) in [6.07, 6.45) is -0.510. The molecular formula is C39H44N4O9. The second kappa shape index (κ2) is 16.4. The predicted octanol–water partition coefficient (Wildman–Crippen LogP) is 7.24. The molecule has 4 rings (SSSR count). The summed E-state index contributed by atoms with van der Waals surface area (Å²) in [4.78, 5) is 70.2. The molecule has 4 aromatic rings. The van der Waals surface area contributed by atoms with Crippen molar-refractivity contribution in [1.29, 1.82) is 0 Å². The number of hydrogen-bond acceptors (Lipinski definition) is 10. The Morgan fingerprint density at radius 3 is 1.98 bits per heavy atom. The molecule has 52 heavy (non-hydrogen) atoms. The van der Waals surface area contributed by atoms with Crippen LogP contribution < -0.4 is 10.2 Å². The number of ether oxygens (including phenoxy) is 3. The van der Waals surface area contributed by atoms with E-state index in [1.807, 2.05) is 30.3 Å². The molecule has 0 saturated carbocycles. The van der Waals surface area contributed by atoms with Crippen LogP contribution in [0.25, 0.3) is 10.8 Å². The zero-order valence-electron chi connectivity index (χ0n) is 30.3. The van der Waals surface area contributed by atoms with E-state index < -0.39 is 41.4 Å². The quantitative estimate of drug-likeness (QED) is 0.119. The van der Waals surface area contributed by atoms with Gasteiger partial charge >= 0.3 is 24.1 Å². The number of hydrogen-bond donors (Lipinski definition) is 2. The monoisotopic (exact) mass is 712 g/mol. The third-order valence-electron chi connectivity index (χ3n) is 7.36. The zero-order chi connectivity index (χ0) is 38.2. The maximum absolute atomic E-state index is 13.3. The van der Waals surface area contributed by atoms with Crippen molar-refractivity contribution in [2.24, 2.45) is 0 Å². The molecule has 1 atom stereocenters. The van der Waals surface area contributed by atoms with Gasteiger partial charge in [0.1, 0.15) is 24.4 Å². The minimum Gasteiger partial charge on any atom is -0.479 e. The van der Waals surface area contributed by atoms with Gasteiger partial charge in [-0.05, 0) is 87.9 Å². The molecule has 274 valence electrons. The Balaban J connectivity index is 1.51. The van der Waals surface area contributed by atoms with Crippen molar-refractivity contribution in [3.63, 3.8) is 0 Å². The lowest BCUT2D eigenvalue weighted by molar-refractivity contribution is -0.150. The summed E-state index contributed by atoms with van der Waals surface area (Å²) >= 11 is 0. The van der Waals surface area contributed by atoms with Crippen LogP contribution in [-0.2, 0) is 41.7 Å². The molecule has 0 fully saturated rings. The van der Waals surface area contributed by atoms with Crippen molar-refractivity contribution in [3.8, 4) is 0 Å². The molecule has 0 spiro atoms. The van der Waals surface area contributed by atoms with Gasteiger partial charge in [-0.25, -0.2) is 19.4 Å². The highest BCUT2D eigenvalue weighted by Gasteiger charge is 2.34. The fourth-order valence-electron chi connectivity index (χ4n) is 5.00. The number of aliphatic carboxylic acids is 1. The number of nitrogens with zero attached hydrogens (tertiary/aromatic N) is 3. The fraction of sp³-hybridized carbons (Fsp3) is 0.333. The molecule has 0 saturated heterocycles. The number of imide groups is 1. The van der Waals surface area contributed by atoms with Gasteiger partial charge in [0.2, 0.25) is 5.91 Å². The molecule has 1 unspecified atom stereocenters. The Bertz CT molecular complexity index is 1890. The number of aromatic nitrogens is 1.